The van der Waals surface area contributed by atoms with Crippen molar-refractivity contribution in [2.75, 3.05) is 20.3 Å². The van der Waals surface area contributed by atoms with Gasteiger partial charge in [-0.05, 0) is 33.7 Å². The molecule has 3 aromatic rings. The Balaban J connectivity index is 1.34. The van der Waals surface area contributed by atoms with Gasteiger partial charge in [-0.1, -0.05) is 48.5 Å². The van der Waals surface area contributed by atoms with E-state index >= 15 is 0 Å². The number of aliphatic hydroxyl groups excluding tert-OH is 2. The van der Waals surface area contributed by atoms with Crippen LogP contribution in [-0.4, -0.2) is 48.6 Å². The van der Waals surface area contributed by atoms with Crippen molar-refractivity contribution in [3.05, 3.63) is 81.5 Å². The number of hydrogen-bond donors (Lipinski definition) is 3. The van der Waals surface area contributed by atoms with Crippen LogP contribution in [0.25, 0.3) is 11.1 Å². The minimum absolute atomic E-state index is 0.0721. The van der Waals surface area contributed by atoms with Crippen LogP contribution in [0.5, 0.6) is 0 Å². The van der Waals surface area contributed by atoms with Crippen LogP contribution in [0.1, 0.15) is 38.4 Å². The summed E-state index contributed by atoms with van der Waals surface area (Å²) in [4.78, 5) is 24.2. The Bertz CT molecular complexity index is 1080. The Hall–Kier alpha value is -3.20. The average Bonchev–Trinajstić information content (AvgIpc) is 3.43. The quantitative estimate of drug-likeness (QED) is 0.473. The van der Waals surface area contributed by atoms with Crippen LogP contribution >= 0.6 is 11.3 Å². The molecular formula is C24H23NO6S. The first kappa shape index (κ1) is 22.0. The Kier molecular flexibility index (Phi) is 6.55. The van der Waals surface area contributed by atoms with E-state index in [-0.39, 0.29) is 29.5 Å². The number of benzene rings is 2. The van der Waals surface area contributed by atoms with Gasteiger partial charge in [0.15, 0.2) is 0 Å². The summed E-state index contributed by atoms with van der Waals surface area (Å²) in [7, 11) is 1.24. The second-order valence-electron chi connectivity index (χ2n) is 7.42. The van der Waals surface area contributed by atoms with E-state index in [2.05, 4.69) is 22.2 Å². The van der Waals surface area contributed by atoms with Crippen LogP contribution in [0, 0.1) is 0 Å². The molecule has 1 aliphatic rings. The largest absolute Gasteiger partial charge is 0.465 e. The van der Waals surface area contributed by atoms with E-state index in [1.165, 1.54) is 13.2 Å². The van der Waals surface area contributed by atoms with Crippen molar-refractivity contribution in [2.24, 2.45) is 0 Å². The fourth-order valence-electron chi connectivity index (χ4n) is 3.97. The number of carbonyl (C=O) groups is 2. The standard InChI is InChI=1S/C24H23NO6S/c1-30-23(28)22-18(10-11-32-22)21(27)20(26)12-25-24(29)31-13-19-16-8-4-2-6-14(16)15-7-3-5-9-17(15)19/h2-11,19-21,26-27H,12-13H2,1H3,(H,25,29). The number of alkyl carbamates (subject to hydrolysis) is 1. The molecule has 0 radical (unpaired) electrons. The summed E-state index contributed by atoms with van der Waals surface area (Å²) in [6.45, 7) is -0.0934. The number of amides is 1. The number of hydrogen-bond acceptors (Lipinski definition) is 7. The lowest BCUT2D eigenvalue weighted by atomic mass is 9.98. The molecule has 7 nitrogen and oxygen atoms in total. The summed E-state index contributed by atoms with van der Waals surface area (Å²) in [6.07, 6.45) is -3.38. The van der Waals surface area contributed by atoms with Crippen molar-refractivity contribution in [1.29, 1.82) is 0 Å². The van der Waals surface area contributed by atoms with Gasteiger partial charge >= 0.3 is 12.1 Å². The van der Waals surface area contributed by atoms with Gasteiger partial charge in [0.1, 0.15) is 23.7 Å². The zero-order valence-electron chi connectivity index (χ0n) is 17.4. The highest BCUT2D eigenvalue weighted by Crippen LogP contribution is 2.44. The Morgan fingerprint density at radius 3 is 2.28 bits per heavy atom. The molecule has 0 saturated heterocycles. The van der Waals surface area contributed by atoms with Gasteiger partial charge in [-0.3, -0.25) is 0 Å². The second kappa shape index (κ2) is 9.52. The molecule has 0 spiro atoms. The number of esters is 1. The summed E-state index contributed by atoms with van der Waals surface area (Å²) in [5.74, 6) is -0.664. The molecule has 3 N–H and O–H groups in total. The monoisotopic (exact) mass is 453 g/mol. The fraction of sp³-hybridized carbons (Fsp3) is 0.250. The number of ether oxygens (including phenoxy) is 2. The molecule has 8 heteroatoms. The van der Waals surface area contributed by atoms with Gasteiger partial charge in [-0.15, -0.1) is 11.3 Å². The molecule has 2 unspecified atom stereocenters. The first-order valence-electron chi connectivity index (χ1n) is 10.1. The van der Waals surface area contributed by atoms with E-state index in [0.29, 0.717) is 0 Å². The molecule has 32 heavy (non-hydrogen) atoms. The van der Waals surface area contributed by atoms with Crippen LogP contribution in [-0.2, 0) is 9.47 Å². The third-order valence-electron chi connectivity index (χ3n) is 5.55. The predicted molar refractivity (Wildman–Crippen MR) is 120 cm³/mol. The predicted octanol–water partition coefficient (Wildman–Crippen LogP) is 3.47. The SMILES string of the molecule is COC(=O)c1sccc1C(O)C(O)CNC(=O)OCC1c2ccccc2-c2ccccc21. The van der Waals surface area contributed by atoms with Crippen LogP contribution in [0.3, 0.4) is 0 Å². The van der Waals surface area contributed by atoms with E-state index in [0.717, 1.165) is 33.6 Å². The molecule has 2 aromatic carbocycles. The fourth-order valence-corrected chi connectivity index (χ4v) is 4.82. The molecule has 0 saturated carbocycles. The summed E-state index contributed by atoms with van der Waals surface area (Å²) in [5.41, 5.74) is 4.72. The lowest BCUT2D eigenvalue weighted by molar-refractivity contribution is 0.0176. The first-order valence-corrected chi connectivity index (χ1v) is 11.0. The normalized spacial score (nSPS) is 14.2. The van der Waals surface area contributed by atoms with Crippen LogP contribution in [0.4, 0.5) is 4.79 Å². The number of carbonyl (C=O) groups excluding carboxylic acids is 2. The molecule has 1 heterocycles. The summed E-state index contributed by atoms with van der Waals surface area (Å²) < 4.78 is 10.1. The maximum Gasteiger partial charge on any atom is 0.407 e. The van der Waals surface area contributed by atoms with Crippen molar-refractivity contribution in [3.8, 4) is 11.1 Å². The summed E-state index contributed by atoms with van der Waals surface area (Å²) in [6, 6.07) is 17.6. The average molecular weight is 454 g/mol. The summed E-state index contributed by atoms with van der Waals surface area (Å²) >= 11 is 1.11. The van der Waals surface area contributed by atoms with Gasteiger partial charge in [0.25, 0.3) is 0 Å². The zero-order chi connectivity index (χ0) is 22.7. The number of methoxy groups -OCH3 is 1. The molecule has 1 amide bonds. The molecule has 0 aliphatic heterocycles. The van der Waals surface area contributed by atoms with Crippen molar-refractivity contribution in [1.82, 2.24) is 5.32 Å². The highest BCUT2D eigenvalue weighted by Gasteiger charge is 2.29. The number of thiophene rings is 1. The molecule has 2 atom stereocenters. The first-order chi connectivity index (χ1) is 15.5. The van der Waals surface area contributed by atoms with Crippen molar-refractivity contribution in [2.45, 2.75) is 18.1 Å². The van der Waals surface area contributed by atoms with E-state index in [9.17, 15) is 19.8 Å². The third-order valence-corrected chi connectivity index (χ3v) is 6.46. The molecular weight excluding hydrogens is 430 g/mol. The second-order valence-corrected chi connectivity index (χ2v) is 8.33. The van der Waals surface area contributed by atoms with Crippen LogP contribution in [0.15, 0.2) is 60.0 Å². The maximum atomic E-state index is 12.3. The lowest BCUT2D eigenvalue weighted by Crippen LogP contribution is -2.36. The highest BCUT2D eigenvalue weighted by atomic mass is 32.1. The van der Waals surface area contributed by atoms with Gasteiger partial charge in [0.2, 0.25) is 0 Å². The van der Waals surface area contributed by atoms with E-state index in [4.69, 9.17) is 4.74 Å². The molecule has 1 aromatic heterocycles. The van der Waals surface area contributed by atoms with Crippen LogP contribution < -0.4 is 5.32 Å². The van der Waals surface area contributed by atoms with Gasteiger partial charge in [-0.25, -0.2) is 9.59 Å². The van der Waals surface area contributed by atoms with Crippen molar-refractivity contribution >= 4 is 23.4 Å². The highest BCUT2D eigenvalue weighted by molar-refractivity contribution is 7.12. The lowest BCUT2D eigenvalue weighted by Gasteiger charge is -2.19. The molecule has 166 valence electrons. The minimum Gasteiger partial charge on any atom is -0.465 e. The van der Waals surface area contributed by atoms with E-state index in [1.807, 2.05) is 36.4 Å². The zero-order valence-corrected chi connectivity index (χ0v) is 18.2. The van der Waals surface area contributed by atoms with Gasteiger partial charge in [-0.2, -0.15) is 0 Å². The van der Waals surface area contributed by atoms with Gasteiger partial charge < -0.3 is 25.0 Å². The minimum atomic E-state index is -1.36. The Morgan fingerprint density at radius 2 is 1.66 bits per heavy atom. The van der Waals surface area contributed by atoms with E-state index < -0.39 is 24.3 Å². The maximum absolute atomic E-state index is 12.3. The Labute approximate surface area is 189 Å². The molecule has 0 bridgehead atoms. The van der Waals surface area contributed by atoms with Crippen LogP contribution in [0.2, 0.25) is 0 Å². The molecule has 1 aliphatic carbocycles. The Morgan fingerprint density at radius 1 is 1.03 bits per heavy atom. The van der Waals surface area contributed by atoms with Gasteiger partial charge in [0, 0.05) is 18.0 Å². The number of aliphatic hydroxyl groups is 2. The smallest absolute Gasteiger partial charge is 0.407 e. The number of rotatable bonds is 7. The molecule has 0 fully saturated rings. The van der Waals surface area contributed by atoms with Crippen molar-refractivity contribution in [3.63, 3.8) is 0 Å². The number of fused-ring (bicyclic) bond motifs is 3. The molecule has 4 rings (SSSR count). The number of nitrogens with one attached hydrogen (secondary N) is 1. The van der Waals surface area contributed by atoms with Crippen molar-refractivity contribution < 1.29 is 29.3 Å². The topological polar surface area (TPSA) is 105 Å². The van der Waals surface area contributed by atoms with E-state index in [1.54, 1.807) is 5.38 Å². The van der Waals surface area contributed by atoms with Gasteiger partial charge in [0.05, 0.1) is 7.11 Å². The summed E-state index contributed by atoms with van der Waals surface area (Å²) in [5, 5.41) is 24.8. The third kappa shape index (κ3) is 4.25.